The number of hydrogen-bond donors (Lipinski definition) is 1. The molecule has 0 amide bonds. The lowest BCUT2D eigenvalue weighted by molar-refractivity contribution is 0.0174. The predicted octanol–water partition coefficient (Wildman–Crippen LogP) is 4.31. The molecule has 0 aliphatic rings. The van der Waals surface area contributed by atoms with E-state index in [0.29, 0.717) is 12.5 Å². The van der Waals surface area contributed by atoms with Gasteiger partial charge in [0.2, 0.25) is 0 Å². The number of nitrogens with zero attached hydrogens (tertiary/aromatic N) is 2. The van der Waals surface area contributed by atoms with E-state index < -0.39 is 5.92 Å². The Hall–Kier alpha value is -2.43. The lowest BCUT2D eigenvalue weighted by atomic mass is 10.1. The topological polar surface area (TPSA) is 41.6 Å². The van der Waals surface area contributed by atoms with Crippen molar-refractivity contribution < 1.29 is 8.78 Å². The number of rotatable bonds is 5. The minimum atomic E-state index is -2.83. The molecule has 0 bridgehead atoms. The Bertz CT molecular complexity index is 676. The quantitative estimate of drug-likeness (QED) is 0.655. The first-order valence-electron chi connectivity index (χ1n) is 7.84. The number of benzene rings is 2. The monoisotopic (exact) mass is 331 g/mol. The number of hydrogen-bond acceptors (Lipinski definition) is 1. The molecule has 0 radical (unpaired) electrons. The first kappa shape index (κ1) is 17.9. The zero-order chi connectivity index (χ0) is 17.7. The average molecular weight is 331 g/mol. The van der Waals surface area contributed by atoms with Crippen LogP contribution < -0.4 is 5.73 Å². The van der Waals surface area contributed by atoms with E-state index in [-0.39, 0.29) is 11.6 Å². The van der Waals surface area contributed by atoms with E-state index in [4.69, 9.17) is 5.73 Å². The number of nitrogens with two attached hydrogens (primary N) is 1. The van der Waals surface area contributed by atoms with E-state index in [1.807, 2.05) is 42.3 Å². The van der Waals surface area contributed by atoms with Gasteiger partial charge in [0, 0.05) is 19.5 Å². The van der Waals surface area contributed by atoms with E-state index in [1.165, 1.54) is 12.1 Å². The summed E-state index contributed by atoms with van der Waals surface area (Å²) in [7, 11) is 1.89. The second kappa shape index (κ2) is 7.43. The van der Waals surface area contributed by atoms with Crippen molar-refractivity contribution in [3.05, 3.63) is 71.3 Å². The molecule has 3 nitrogen and oxygen atoms in total. The van der Waals surface area contributed by atoms with Crippen LogP contribution in [0.1, 0.15) is 36.6 Å². The van der Waals surface area contributed by atoms with E-state index in [1.54, 1.807) is 12.1 Å². The van der Waals surface area contributed by atoms with Crippen molar-refractivity contribution in [2.24, 2.45) is 10.7 Å². The van der Waals surface area contributed by atoms with Crippen molar-refractivity contribution in [3.63, 3.8) is 0 Å². The highest BCUT2D eigenvalue weighted by Crippen LogP contribution is 2.26. The molecular formula is C19H23F2N3. The smallest absolute Gasteiger partial charge is 0.270 e. The van der Waals surface area contributed by atoms with Gasteiger partial charge in [-0.25, -0.2) is 13.8 Å². The van der Waals surface area contributed by atoms with Crippen molar-refractivity contribution >= 4 is 5.96 Å². The summed E-state index contributed by atoms with van der Waals surface area (Å²) in [6.07, 6.45) is 0. The van der Waals surface area contributed by atoms with Crippen LogP contribution in [0.15, 0.2) is 59.6 Å². The number of guanidine groups is 1. The number of halogens is 2. The zero-order valence-corrected chi connectivity index (χ0v) is 14.2. The standard InChI is InChI=1S/C19H23F2N3/c1-14(16-7-5-4-6-8-16)24(3)18(22)23-13-15-9-11-17(12-10-15)19(2,20)21/h4-12,14H,13H2,1-3H3,(H2,22,23)/t14-/m0/s1. The Morgan fingerprint density at radius 1 is 1.12 bits per heavy atom. The molecule has 0 heterocycles. The number of aliphatic imine (C=N–C) groups is 1. The lowest BCUT2D eigenvalue weighted by Crippen LogP contribution is -2.36. The van der Waals surface area contributed by atoms with E-state index >= 15 is 0 Å². The maximum atomic E-state index is 13.2. The molecule has 5 heteroatoms. The van der Waals surface area contributed by atoms with E-state index in [2.05, 4.69) is 11.9 Å². The molecule has 128 valence electrons. The maximum absolute atomic E-state index is 13.2. The Labute approximate surface area is 141 Å². The molecule has 2 N–H and O–H groups in total. The SMILES string of the molecule is C[C@@H](c1ccccc1)N(C)C(N)=NCc1ccc(C(C)(F)F)cc1. The summed E-state index contributed by atoms with van der Waals surface area (Å²) in [5, 5.41) is 0. The van der Waals surface area contributed by atoms with Crippen LogP contribution in [0.3, 0.4) is 0 Å². The summed E-state index contributed by atoms with van der Waals surface area (Å²) < 4.78 is 26.4. The fraction of sp³-hybridized carbons (Fsp3) is 0.316. The fourth-order valence-corrected chi connectivity index (χ4v) is 2.34. The van der Waals surface area contributed by atoms with Crippen LogP contribution >= 0.6 is 0 Å². The van der Waals surface area contributed by atoms with Crippen LogP contribution in [0.4, 0.5) is 8.78 Å². The van der Waals surface area contributed by atoms with Gasteiger partial charge in [0.05, 0.1) is 12.6 Å². The molecule has 0 fully saturated rings. The van der Waals surface area contributed by atoms with Gasteiger partial charge >= 0.3 is 0 Å². The summed E-state index contributed by atoms with van der Waals surface area (Å²) >= 11 is 0. The Morgan fingerprint density at radius 3 is 2.25 bits per heavy atom. The highest BCUT2D eigenvalue weighted by atomic mass is 19.3. The third-order valence-corrected chi connectivity index (χ3v) is 4.11. The Kier molecular flexibility index (Phi) is 5.54. The van der Waals surface area contributed by atoms with Gasteiger partial charge in [0.1, 0.15) is 0 Å². The minimum absolute atomic E-state index is 0.00183. The zero-order valence-electron chi connectivity index (χ0n) is 14.2. The number of alkyl halides is 2. The molecule has 2 aromatic rings. The molecule has 0 unspecified atom stereocenters. The van der Waals surface area contributed by atoms with Crippen molar-refractivity contribution in [2.75, 3.05) is 7.05 Å². The Balaban J connectivity index is 2.03. The van der Waals surface area contributed by atoms with Gasteiger partial charge in [0.25, 0.3) is 5.92 Å². The second-order valence-electron chi connectivity index (χ2n) is 5.96. The second-order valence-corrected chi connectivity index (χ2v) is 5.96. The summed E-state index contributed by atoms with van der Waals surface area (Å²) in [5.74, 6) is -2.41. The predicted molar refractivity (Wildman–Crippen MR) is 94.0 cm³/mol. The maximum Gasteiger partial charge on any atom is 0.270 e. The molecule has 24 heavy (non-hydrogen) atoms. The molecular weight excluding hydrogens is 308 g/mol. The highest BCUT2D eigenvalue weighted by Gasteiger charge is 2.23. The minimum Gasteiger partial charge on any atom is -0.370 e. The summed E-state index contributed by atoms with van der Waals surface area (Å²) in [5.41, 5.74) is 8.04. The molecule has 0 saturated carbocycles. The van der Waals surface area contributed by atoms with Gasteiger partial charge in [-0.3, -0.25) is 0 Å². The fourth-order valence-electron chi connectivity index (χ4n) is 2.34. The first-order valence-corrected chi connectivity index (χ1v) is 7.84. The molecule has 2 aromatic carbocycles. The summed E-state index contributed by atoms with van der Waals surface area (Å²) in [6, 6.07) is 16.3. The first-order chi connectivity index (χ1) is 11.3. The van der Waals surface area contributed by atoms with Crippen molar-refractivity contribution in [1.29, 1.82) is 0 Å². The third-order valence-electron chi connectivity index (χ3n) is 4.11. The average Bonchev–Trinajstić information content (AvgIpc) is 2.58. The van der Waals surface area contributed by atoms with Gasteiger partial charge in [-0.2, -0.15) is 0 Å². The van der Waals surface area contributed by atoms with Crippen LogP contribution in [-0.2, 0) is 12.5 Å². The van der Waals surface area contributed by atoms with E-state index in [9.17, 15) is 8.78 Å². The molecule has 0 spiro atoms. The van der Waals surface area contributed by atoms with E-state index in [0.717, 1.165) is 18.1 Å². The van der Waals surface area contributed by atoms with Gasteiger partial charge < -0.3 is 10.6 Å². The lowest BCUT2D eigenvalue weighted by Gasteiger charge is -2.26. The van der Waals surface area contributed by atoms with Gasteiger partial charge in [-0.1, -0.05) is 54.6 Å². The summed E-state index contributed by atoms with van der Waals surface area (Å²) in [4.78, 5) is 6.26. The largest absolute Gasteiger partial charge is 0.370 e. The van der Waals surface area contributed by atoms with Crippen LogP contribution in [-0.4, -0.2) is 17.9 Å². The van der Waals surface area contributed by atoms with Gasteiger partial charge in [-0.05, 0) is 18.1 Å². The normalized spacial score (nSPS) is 13.6. The molecule has 0 aliphatic heterocycles. The molecule has 0 aromatic heterocycles. The van der Waals surface area contributed by atoms with Crippen molar-refractivity contribution in [1.82, 2.24) is 4.90 Å². The molecule has 2 rings (SSSR count). The molecule has 0 saturated heterocycles. The summed E-state index contributed by atoms with van der Waals surface area (Å²) in [6.45, 7) is 3.29. The molecule has 1 atom stereocenters. The van der Waals surface area contributed by atoms with Gasteiger partial charge in [0.15, 0.2) is 5.96 Å². The van der Waals surface area contributed by atoms with Crippen molar-refractivity contribution in [2.45, 2.75) is 32.4 Å². The third kappa shape index (κ3) is 4.54. The Morgan fingerprint density at radius 2 is 1.71 bits per heavy atom. The van der Waals surface area contributed by atoms with Crippen LogP contribution in [0.5, 0.6) is 0 Å². The van der Waals surface area contributed by atoms with Crippen LogP contribution in [0.25, 0.3) is 0 Å². The van der Waals surface area contributed by atoms with Crippen LogP contribution in [0.2, 0.25) is 0 Å². The van der Waals surface area contributed by atoms with Crippen molar-refractivity contribution in [3.8, 4) is 0 Å². The highest BCUT2D eigenvalue weighted by molar-refractivity contribution is 5.78. The van der Waals surface area contributed by atoms with Gasteiger partial charge in [-0.15, -0.1) is 0 Å². The molecule has 0 aliphatic carbocycles. The van der Waals surface area contributed by atoms with Crippen LogP contribution in [0, 0.1) is 0 Å².